The third-order valence-corrected chi connectivity index (χ3v) is 5.34. The second-order valence-corrected chi connectivity index (χ2v) is 7.23. The first-order valence-electron chi connectivity index (χ1n) is 9.85. The van der Waals surface area contributed by atoms with Crippen molar-refractivity contribution in [2.24, 2.45) is 5.92 Å². The van der Waals surface area contributed by atoms with E-state index in [1.165, 1.54) is 0 Å². The number of piperazine rings is 1. The number of amides is 2. The fourth-order valence-corrected chi connectivity index (χ4v) is 3.80. The van der Waals surface area contributed by atoms with E-state index in [1.807, 2.05) is 11.0 Å². The molecule has 0 aromatic carbocycles. The van der Waals surface area contributed by atoms with Gasteiger partial charge in [0.2, 0.25) is 5.95 Å². The predicted octanol–water partition coefficient (Wildman–Crippen LogP) is 1.01. The van der Waals surface area contributed by atoms with Gasteiger partial charge in [0.15, 0.2) is 0 Å². The summed E-state index contributed by atoms with van der Waals surface area (Å²) in [5.74, 6) is 2.06. The number of carbonyl (C=O) groups excluding carboxylic acids is 1. The van der Waals surface area contributed by atoms with Crippen LogP contribution in [0.2, 0.25) is 0 Å². The normalized spacial score (nSPS) is 20.1. The number of hydrogen-bond donors (Lipinski definition) is 1. The van der Waals surface area contributed by atoms with Gasteiger partial charge in [0.05, 0.1) is 6.20 Å². The Morgan fingerprint density at radius 2 is 1.82 bits per heavy atom. The number of nitrogens with one attached hydrogen (secondary N) is 1. The first-order chi connectivity index (χ1) is 13.8. The Morgan fingerprint density at radius 3 is 2.57 bits per heavy atom. The molecule has 0 spiro atoms. The number of nitrogens with zero attached hydrogens (tertiary/aromatic N) is 7. The van der Waals surface area contributed by atoms with Crippen molar-refractivity contribution in [3.05, 3.63) is 37.1 Å². The minimum absolute atomic E-state index is 0.0203. The SMILES string of the molecule is O=C(NC[C@H]1CCCN(c2ncccn2)C1)N1CCN(c2cnccn2)CC1. The zero-order valence-electron chi connectivity index (χ0n) is 15.9. The maximum Gasteiger partial charge on any atom is 0.317 e. The maximum absolute atomic E-state index is 12.6. The number of carbonyl (C=O) groups is 1. The predicted molar refractivity (Wildman–Crippen MR) is 106 cm³/mol. The van der Waals surface area contributed by atoms with Gasteiger partial charge in [0.25, 0.3) is 0 Å². The van der Waals surface area contributed by atoms with Gasteiger partial charge in [-0.05, 0) is 24.8 Å². The molecular formula is C19H26N8O. The van der Waals surface area contributed by atoms with Crippen LogP contribution in [0.4, 0.5) is 16.6 Å². The van der Waals surface area contributed by atoms with Crippen LogP contribution in [0.25, 0.3) is 0 Å². The summed E-state index contributed by atoms with van der Waals surface area (Å²) in [5, 5.41) is 3.12. The quantitative estimate of drug-likeness (QED) is 0.844. The van der Waals surface area contributed by atoms with E-state index < -0.39 is 0 Å². The summed E-state index contributed by atoms with van der Waals surface area (Å²) >= 11 is 0. The highest BCUT2D eigenvalue weighted by Gasteiger charge is 2.25. The lowest BCUT2D eigenvalue weighted by Crippen LogP contribution is -2.53. The van der Waals surface area contributed by atoms with Gasteiger partial charge < -0.3 is 20.0 Å². The van der Waals surface area contributed by atoms with Gasteiger partial charge in [-0.15, -0.1) is 0 Å². The molecule has 2 aliphatic heterocycles. The van der Waals surface area contributed by atoms with Gasteiger partial charge in [-0.25, -0.2) is 19.7 Å². The van der Waals surface area contributed by atoms with Gasteiger partial charge in [0.1, 0.15) is 5.82 Å². The van der Waals surface area contributed by atoms with Crippen molar-refractivity contribution in [3.8, 4) is 0 Å². The maximum atomic E-state index is 12.6. The van der Waals surface area contributed by atoms with E-state index in [4.69, 9.17) is 0 Å². The van der Waals surface area contributed by atoms with E-state index in [1.54, 1.807) is 31.0 Å². The number of anilines is 2. The zero-order valence-corrected chi connectivity index (χ0v) is 15.9. The van der Waals surface area contributed by atoms with Crippen LogP contribution in [0, 0.1) is 5.92 Å². The Balaban J connectivity index is 1.22. The number of aromatic nitrogens is 4. The van der Waals surface area contributed by atoms with Gasteiger partial charge in [-0.2, -0.15) is 0 Å². The van der Waals surface area contributed by atoms with Crippen molar-refractivity contribution in [1.82, 2.24) is 30.2 Å². The van der Waals surface area contributed by atoms with Crippen LogP contribution in [0.5, 0.6) is 0 Å². The fourth-order valence-electron chi connectivity index (χ4n) is 3.80. The molecule has 9 nitrogen and oxygen atoms in total. The minimum atomic E-state index is 0.0203. The fraction of sp³-hybridized carbons (Fsp3) is 0.526. The molecule has 0 saturated carbocycles. The number of piperidine rings is 1. The third kappa shape index (κ3) is 4.47. The van der Waals surface area contributed by atoms with E-state index in [-0.39, 0.29) is 6.03 Å². The highest BCUT2D eigenvalue weighted by Crippen LogP contribution is 2.19. The third-order valence-electron chi connectivity index (χ3n) is 5.34. The molecule has 2 aromatic rings. The topological polar surface area (TPSA) is 90.4 Å². The molecule has 0 bridgehead atoms. The molecule has 28 heavy (non-hydrogen) atoms. The van der Waals surface area contributed by atoms with E-state index in [0.29, 0.717) is 25.6 Å². The number of hydrogen-bond acceptors (Lipinski definition) is 7. The largest absolute Gasteiger partial charge is 0.352 e. The van der Waals surface area contributed by atoms with Gasteiger partial charge in [-0.1, -0.05) is 0 Å². The Morgan fingerprint density at radius 1 is 1.00 bits per heavy atom. The lowest BCUT2D eigenvalue weighted by atomic mass is 9.98. The molecule has 9 heteroatoms. The lowest BCUT2D eigenvalue weighted by molar-refractivity contribution is 0.191. The summed E-state index contributed by atoms with van der Waals surface area (Å²) < 4.78 is 0. The Bertz CT molecular complexity index is 751. The molecule has 2 fully saturated rings. The van der Waals surface area contributed by atoms with Crippen LogP contribution < -0.4 is 15.1 Å². The molecule has 2 aliphatic rings. The summed E-state index contributed by atoms with van der Waals surface area (Å²) in [7, 11) is 0. The summed E-state index contributed by atoms with van der Waals surface area (Å²) in [6, 6.07) is 1.85. The Labute approximate surface area is 164 Å². The van der Waals surface area contributed by atoms with Crippen LogP contribution in [0.3, 0.4) is 0 Å². The second-order valence-electron chi connectivity index (χ2n) is 7.23. The van der Waals surface area contributed by atoms with Crippen LogP contribution in [0.15, 0.2) is 37.1 Å². The average molecular weight is 382 g/mol. The molecule has 148 valence electrons. The molecule has 0 unspecified atom stereocenters. The summed E-state index contributed by atoms with van der Waals surface area (Å²) in [5.41, 5.74) is 0. The molecule has 0 radical (unpaired) electrons. The van der Waals surface area contributed by atoms with Crippen molar-refractivity contribution in [2.45, 2.75) is 12.8 Å². The van der Waals surface area contributed by atoms with Crippen LogP contribution in [-0.2, 0) is 0 Å². The molecule has 4 rings (SSSR count). The molecule has 0 aliphatic carbocycles. The molecular weight excluding hydrogens is 356 g/mol. The molecule has 1 N–H and O–H groups in total. The van der Waals surface area contributed by atoms with Crippen LogP contribution in [0.1, 0.15) is 12.8 Å². The Kier molecular flexibility index (Phi) is 5.79. The summed E-state index contributed by atoms with van der Waals surface area (Å²) in [6.07, 6.45) is 10.9. The van der Waals surface area contributed by atoms with E-state index >= 15 is 0 Å². The molecule has 1 atom stereocenters. The monoisotopic (exact) mass is 382 g/mol. The standard InChI is InChI=1S/C19H26N8O/c28-19(26-11-9-25(10-12-26)17-14-20-6-7-21-17)24-13-16-3-1-8-27(15-16)18-22-4-2-5-23-18/h2,4-7,14,16H,1,3,8-13,15H2,(H,24,28)/t16-/m1/s1. The zero-order chi connectivity index (χ0) is 19.2. The summed E-state index contributed by atoms with van der Waals surface area (Å²) in [6.45, 7) is 5.47. The Hall–Kier alpha value is -2.97. The number of rotatable bonds is 4. The lowest BCUT2D eigenvalue weighted by Gasteiger charge is -2.36. The second kappa shape index (κ2) is 8.81. The van der Waals surface area contributed by atoms with Crippen LogP contribution in [-0.4, -0.2) is 76.7 Å². The van der Waals surface area contributed by atoms with Crippen LogP contribution >= 0.6 is 0 Å². The summed E-state index contributed by atoms with van der Waals surface area (Å²) in [4.78, 5) is 35.9. The average Bonchev–Trinajstić information content (AvgIpc) is 2.79. The van der Waals surface area contributed by atoms with Crippen molar-refractivity contribution in [1.29, 1.82) is 0 Å². The van der Waals surface area contributed by atoms with E-state index in [9.17, 15) is 4.79 Å². The van der Waals surface area contributed by atoms with Crippen molar-refractivity contribution < 1.29 is 4.79 Å². The van der Waals surface area contributed by atoms with E-state index in [2.05, 4.69) is 35.1 Å². The highest BCUT2D eigenvalue weighted by atomic mass is 16.2. The first kappa shape index (κ1) is 18.4. The van der Waals surface area contributed by atoms with E-state index in [0.717, 1.165) is 50.8 Å². The van der Waals surface area contributed by atoms with Crippen molar-refractivity contribution >= 4 is 17.8 Å². The molecule has 2 saturated heterocycles. The number of urea groups is 1. The smallest absolute Gasteiger partial charge is 0.317 e. The van der Waals surface area contributed by atoms with Crippen molar-refractivity contribution in [3.63, 3.8) is 0 Å². The molecule has 4 heterocycles. The van der Waals surface area contributed by atoms with Crippen molar-refractivity contribution in [2.75, 3.05) is 55.6 Å². The first-order valence-corrected chi connectivity index (χ1v) is 9.85. The molecule has 2 aromatic heterocycles. The van der Waals surface area contributed by atoms with Gasteiger partial charge in [-0.3, -0.25) is 4.98 Å². The van der Waals surface area contributed by atoms with Gasteiger partial charge >= 0.3 is 6.03 Å². The minimum Gasteiger partial charge on any atom is -0.352 e. The highest BCUT2D eigenvalue weighted by molar-refractivity contribution is 5.74. The molecule has 2 amide bonds. The van der Waals surface area contributed by atoms with Gasteiger partial charge in [0, 0.05) is 70.6 Å².